The summed E-state index contributed by atoms with van der Waals surface area (Å²) in [5, 5.41) is 22.0. The van der Waals surface area contributed by atoms with Gasteiger partial charge in [0.2, 0.25) is 0 Å². The zero-order chi connectivity index (χ0) is 14.0. The van der Waals surface area contributed by atoms with Gasteiger partial charge in [0.25, 0.3) is 0 Å². The fourth-order valence-corrected chi connectivity index (χ4v) is 2.55. The van der Waals surface area contributed by atoms with Crippen LogP contribution in [-0.4, -0.2) is 34.8 Å². The van der Waals surface area contributed by atoms with Gasteiger partial charge in [-0.25, -0.2) is 0 Å². The second kappa shape index (κ2) is 5.09. The summed E-state index contributed by atoms with van der Waals surface area (Å²) in [5.74, 6) is 0.121. The highest BCUT2D eigenvalue weighted by Crippen LogP contribution is 2.30. The van der Waals surface area contributed by atoms with Gasteiger partial charge in [-0.1, -0.05) is 17.3 Å². The molecule has 4 N–H and O–H groups in total. The monoisotopic (exact) mass is 263 g/mol. The Bertz CT molecular complexity index is 487. The van der Waals surface area contributed by atoms with E-state index < -0.39 is 5.60 Å². The third-order valence-electron chi connectivity index (χ3n) is 3.78. The Morgan fingerprint density at radius 3 is 2.58 bits per heavy atom. The summed E-state index contributed by atoms with van der Waals surface area (Å²) < 4.78 is 0. The normalized spacial score (nSPS) is 19.5. The van der Waals surface area contributed by atoms with Crippen molar-refractivity contribution in [3.63, 3.8) is 0 Å². The zero-order valence-corrected chi connectivity index (χ0v) is 11.4. The minimum Gasteiger partial charge on any atom is -0.409 e. The highest BCUT2D eigenvalue weighted by atomic mass is 16.4. The Labute approximate surface area is 113 Å². The highest BCUT2D eigenvalue weighted by Gasteiger charge is 2.29. The van der Waals surface area contributed by atoms with Gasteiger partial charge >= 0.3 is 0 Å². The summed E-state index contributed by atoms with van der Waals surface area (Å²) in [7, 11) is 0. The molecular formula is C14H21N3O2. The van der Waals surface area contributed by atoms with Gasteiger partial charge in [0.15, 0.2) is 5.84 Å². The van der Waals surface area contributed by atoms with E-state index in [4.69, 9.17) is 10.9 Å². The molecule has 0 bridgehead atoms. The summed E-state index contributed by atoms with van der Waals surface area (Å²) in [4.78, 5) is 2.20. The number of aliphatic hydroxyl groups is 1. The predicted octanol–water partition coefficient (Wildman–Crippen LogP) is 1.44. The molecule has 0 saturated carbocycles. The second-order valence-corrected chi connectivity index (χ2v) is 5.44. The van der Waals surface area contributed by atoms with Gasteiger partial charge in [-0.2, -0.15) is 0 Å². The molecule has 1 aliphatic heterocycles. The quantitative estimate of drug-likeness (QED) is 0.326. The van der Waals surface area contributed by atoms with Crippen LogP contribution in [0, 0.1) is 6.92 Å². The summed E-state index contributed by atoms with van der Waals surface area (Å²) in [6.45, 7) is 5.41. The number of piperidine rings is 1. The van der Waals surface area contributed by atoms with Crippen LogP contribution in [0.4, 0.5) is 5.69 Å². The molecule has 1 aliphatic rings. The van der Waals surface area contributed by atoms with E-state index in [2.05, 4.69) is 10.1 Å². The first-order valence-electron chi connectivity index (χ1n) is 6.49. The summed E-state index contributed by atoms with van der Waals surface area (Å²) in [6.07, 6.45) is 1.44. The number of rotatable bonds is 2. The van der Waals surface area contributed by atoms with Crippen LogP contribution >= 0.6 is 0 Å². The van der Waals surface area contributed by atoms with Crippen LogP contribution < -0.4 is 10.6 Å². The van der Waals surface area contributed by atoms with Gasteiger partial charge in [0.05, 0.1) is 11.3 Å². The predicted molar refractivity (Wildman–Crippen MR) is 75.8 cm³/mol. The van der Waals surface area contributed by atoms with Crippen molar-refractivity contribution in [1.29, 1.82) is 0 Å². The Morgan fingerprint density at radius 1 is 1.37 bits per heavy atom. The molecule has 1 saturated heterocycles. The van der Waals surface area contributed by atoms with Gasteiger partial charge in [-0.3, -0.25) is 0 Å². The number of nitrogens with zero attached hydrogens (tertiary/aromatic N) is 2. The average molecular weight is 263 g/mol. The van der Waals surface area contributed by atoms with Crippen LogP contribution in [0.1, 0.15) is 30.9 Å². The number of benzene rings is 1. The fourth-order valence-electron chi connectivity index (χ4n) is 2.55. The lowest BCUT2D eigenvalue weighted by Crippen LogP contribution is -2.43. The lowest BCUT2D eigenvalue weighted by atomic mass is 9.92. The molecule has 0 atom stereocenters. The summed E-state index contributed by atoms with van der Waals surface area (Å²) in [5.41, 5.74) is 7.98. The molecule has 5 heteroatoms. The molecule has 0 amide bonds. The fraction of sp³-hybridized carbons (Fsp3) is 0.500. The smallest absolute Gasteiger partial charge is 0.172 e. The van der Waals surface area contributed by atoms with Crippen molar-refractivity contribution >= 4 is 11.5 Å². The number of aryl methyl sites for hydroxylation is 1. The largest absolute Gasteiger partial charge is 0.409 e. The summed E-state index contributed by atoms with van der Waals surface area (Å²) >= 11 is 0. The number of oxime groups is 1. The number of para-hydroxylation sites is 1. The Kier molecular flexibility index (Phi) is 3.66. The number of hydrogen-bond donors (Lipinski definition) is 3. The van der Waals surface area contributed by atoms with Gasteiger partial charge in [-0.15, -0.1) is 0 Å². The molecule has 0 aromatic heterocycles. The SMILES string of the molecule is Cc1cccc(/C(N)=N/O)c1N1CCC(C)(O)CC1. The van der Waals surface area contributed by atoms with Gasteiger partial charge in [0, 0.05) is 18.7 Å². The molecule has 0 aliphatic carbocycles. The third-order valence-corrected chi connectivity index (χ3v) is 3.78. The topological polar surface area (TPSA) is 82.1 Å². The molecule has 0 spiro atoms. The van der Waals surface area contributed by atoms with E-state index in [0.717, 1.165) is 42.7 Å². The minimum absolute atomic E-state index is 0.121. The molecule has 1 aromatic rings. The second-order valence-electron chi connectivity index (χ2n) is 5.44. The lowest BCUT2D eigenvalue weighted by molar-refractivity contribution is 0.0351. The first-order valence-corrected chi connectivity index (χ1v) is 6.49. The third kappa shape index (κ3) is 2.81. The molecule has 1 fully saturated rings. The highest BCUT2D eigenvalue weighted by molar-refractivity contribution is 6.02. The van der Waals surface area contributed by atoms with E-state index in [1.165, 1.54) is 0 Å². The maximum Gasteiger partial charge on any atom is 0.172 e. The minimum atomic E-state index is -0.587. The first-order chi connectivity index (χ1) is 8.94. The Hall–Kier alpha value is -1.75. The molecule has 1 heterocycles. The van der Waals surface area contributed by atoms with E-state index >= 15 is 0 Å². The van der Waals surface area contributed by atoms with Crippen LogP contribution in [0.15, 0.2) is 23.4 Å². The van der Waals surface area contributed by atoms with Crippen LogP contribution in [0.5, 0.6) is 0 Å². The van der Waals surface area contributed by atoms with Gasteiger partial charge in [0.1, 0.15) is 0 Å². The van der Waals surface area contributed by atoms with Gasteiger partial charge in [-0.05, 0) is 38.3 Å². The van der Waals surface area contributed by atoms with E-state index in [0.29, 0.717) is 0 Å². The standard InChI is InChI=1S/C14H21N3O2/c1-10-4-3-5-11(13(15)16-19)12(10)17-8-6-14(2,18)7-9-17/h3-5,18-19H,6-9H2,1-2H3,(H2,15,16). The maximum atomic E-state index is 10.0. The van der Waals surface area contributed by atoms with Crippen LogP contribution in [0.2, 0.25) is 0 Å². The van der Waals surface area contributed by atoms with Crippen molar-refractivity contribution < 1.29 is 10.3 Å². The van der Waals surface area contributed by atoms with Crippen molar-refractivity contribution in [2.45, 2.75) is 32.3 Å². The van der Waals surface area contributed by atoms with Gasteiger partial charge < -0.3 is 20.9 Å². The van der Waals surface area contributed by atoms with Crippen molar-refractivity contribution in [3.05, 3.63) is 29.3 Å². The van der Waals surface area contributed by atoms with Crippen LogP contribution in [0.25, 0.3) is 0 Å². The van der Waals surface area contributed by atoms with Crippen molar-refractivity contribution in [2.75, 3.05) is 18.0 Å². The van der Waals surface area contributed by atoms with Crippen molar-refractivity contribution in [1.82, 2.24) is 0 Å². The molecule has 0 radical (unpaired) electrons. The molecular weight excluding hydrogens is 242 g/mol. The molecule has 5 nitrogen and oxygen atoms in total. The van der Waals surface area contributed by atoms with E-state index in [1.807, 2.05) is 32.0 Å². The maximum absolute atomic E-state index is 10.0. The first kappa shape index (κ1) is 13.7. The van der Waals surface area contributed by atoms with Crippen molar-refractivity contribution in [2.24, 2.45) is 10.9 Å². The number of nitrogens with two attached hydrogens (primary N) is 1. The van der Waals surface area contributed by atoms with Crippen molar-refractivity contribution in [3.8, 4) is 0 Å². The molecule has 19 heavy (non-hydrogen) atoms. The van der Waals surface area contributed by atoms with E-state index in [-0.39, 0.29) is 5.84 Å². The molecule has 1 aromatic carbocycles. The molecule has 104 valence electrons. The number of hydrogen-bond acceptors (Lipinski definition) is 4. The van der Waals surface area contributed by atoms with Crippen LogP contribution in [-0.2, 0) is 0 Å². The Morgan fingerprint density at radius 2 is 2.00 bits per heavy atom. The zero-order valence-electron chi connectivity index (χ0n) is 11.4. The number of anilines is 1. The molecule has 2 rings (SSSR count). The summed E-state index contributed by atoms with van der Waals surface area (Å²) in [6, 6.07) is 5.76. The van der Waals surface area contributed by atoms with E-state index in [9.17, 15) is 5.11 Å². The number of amidine groups is 1. The average Bonchev–Trinajstić information content (AvgIpc) is 2.38. The van der Waals surface area contributed by atoms with E-state index in [1.54, 1.807) is 0 Å². The Balaban J connectivity index is 2.35. The van der Waals surface area contributed by atoms with Crippen LogP contribution in [0.3, 0.4) is 0 Å². The molecule has 0 unspecified atom stereocenters. The lowest BCUT2D eigenvalue weighted by Gasteiger charge is -2.38.